The molecular formula is C16H15N5OS3. The molecule has 0 bridgehead atoms. The normalized spacial score (nSPS) is 11.9. The molecule has 0 unspecified atom stereocenters. The summed E-state index contributed by atoms with van der Waals surface area (Å²) in [6, 6.07) is 7.84. The van der Waals surface area contributed by atoms with E-state index in [4.69, 9.17) is 5.26 Å². The molecular weight excluding hydrogens is 374 g/mol. The van der Waals surface area contributed by atoms with E-state index >= 15 is 0 Å². The van der Waals surface area contributed by atoms with E-state index in [-0.39, 0.29) is 11.2 Å². The van der Waals surface area contributed by atoms with E-state index in [0.717, 1.165) is 12.2 Å². The summed E-state index contributed by atoms with van der Waals surface area (Å²) in [5, 5.41) is 25.0. The molecule has 0 aliphatic carbocycles. The van der Waals surface area contributed by atoms with Crippen molar-refractivity contribution in [2.24, 2.45) is 7.05 Å². The van der Waals surface area contributed by atoms with E-state index < -0.39 is 0 Å². The van der Waals surface area contributed by atoms with Crippen LogP contribution < -0.4 is 5.32 Å². The second-order valence-corrected chi connectivity index (χ2v) is 8.49. The molecule has 25 heavy (non-hydrogen) atoms. The first-order chi connectivity index (χ1) is 12.1. The summed E-state index contributed by atoms with van der Waals surface area (Å²) in [5.41, 5.74) is 0.479. The van der Waals surface area contributed by atoms with Crippen LogP contribution in [-0.2, 0) is 18.3 Å². The van der Waals surface area contributed by atoms with Crippen molar-refractivity contribution < 1.29 is 4.79 Å². The fourth-order valence-corrected chi connectivity index (χ4v) is 4.37. The summed E-state index contributed by atoms with van der Waals surface area (Å²) in [6.45, 7) is 1.81. The summed E-state index contributed by atoms with van der Waals surface area (Å²) in [4.78, 5) is 13.6. The SMILES string of the molecule is C[C@@H](Sc1nnc(Cc2cccs2)n1C)C(=O)Nc1sccc1C#N. The summed E-state index contributed by atoms with van der Waals surface area (Å²) >= 11 is 4.37. The van der Waals surface area contributed by atoms with Gasteiger partial charge in [0.2, 0.25) is 5.91 Å². The van der Waals surface area contributed by atoms with Crippen LogP contribution >= 0.6 is 34.4 Å². The monoisotopic (exact) mass is 389 g/mol. The lowest BCUT2D eigenvalue weighted by Crippen LogP contribution is -2.22. The van der Waals surface area contributed by atoms with Gasteiger partial charge in [0.25, 0.3) is 0 Å². The maximum absolute atomic E-state index is 12.4. The van der Waals surface area contributed by atoms with Gasteiger partial charge < -0.3 is 9.88 Å². The maximum Gasteiger partial charge on any atom is 0.238 e. The maximum atomic E-state index is 12.4. The van der Waals surface area contributed by atoms with Crippen LogP contribution in [0, 0.1) is 11.3 Å². The lowest BCUT2D eigenvalue weighted by Gasteiger charge is -2.10. The number of hydrogen-bond donors (Lipinski definition) is 1. The average molecular weight is 390 g/mol. The van der Waals surface area contributed by atoms with Gasteiger partial charge in [-0.1, -0.05) is 17.8 Å². The largest absolute Gasteiger partial charge is 0.316 e. The summed E-state index contributed by atoms with van der Waals surface area (Å²) in [7, 11) is 1.91. The van der Waals surface area contributed by atoms with Gasteiger partial charge >= 0.3 is 0 Å². The molecule has 1 amide bonds. The number of aromatic nitrogens is 3. The number of hydrogen-bond acceptors (Lipinski definition) is 7. The van der Waals surface area contributed by atoms with Gasteiger partial charge in [-0.25, -0.2) is 0 Å². The van der Waals surface area contributed by atoms with Gasteiger partial charge in [-0.2, -0.15) is 5.26 Å². The van der Waals surface area contributed by atoms with Crippen molar-refractivity contribution in [3.8, 4) is 6.07 Å². The molecule has 0 saturated heterocycles. The molecule has 0 aromatic carbocycles. The Morgan fingerprint density at radius 1 is 1.40 bits per heavy atom. The molecule has 0 saturated carbocycles. The molecule has 6 nitrogen and oxygen atoms in total. The van der Waals surface area contributed by atoms with E-state index in [1.807, 2.05) is 30.0 Å². The number of amides is 1. The zero-order chi connectivity index (χ0) is 17.8. The molecule has 0 aliphatic heterocycles. The molecule has 0 radical (unpaired) electrons. The van der Waals surface area contributed by atoms with Crippen LogP contribution in [0.5, 0.6) is 0 Å². The van der Waals surface area contributed by atoms with Gasteiger partial charge in [-0.3, -0.25) is 4.79 Å². The van der Waals surface area contributed by atoms with Gasteiger partial charge in [-0.15, -0.1) is 32.9 Å². The Morgan fingerprint density at radius 2 is 2.24 bits per heavy atom. The molecule has 0 fully saturated rings. The average Bonchev–Trinajstić information content (AvgIpc) is 3.33. The van der Waals surface area contributed by atoms with Crippen molar-refractivity contribution >= 4 is 45.3 Å². The van der Waals surface area contributed by atoms with E-state index in [1.165, 1.54) is 28.0 Å². The van der Waals surface area contributed by atoms with Crippen LogP contribution in [0.15, 0.2) is 34.1 Å². The quantitative estimate of drug-likeness (QED) is 0.652. The van der Waals surface area contributed by atoms with Crippen LogP contribution in [-0.4, -0.2) is 25.9 Å². The van der Waals surface area contributed by atoms with Crippen molar-refractivity contribution in [2.45, 2.75) is 23.8 Å². The number of carbonyl (C=O) groups is 1. The highest BCUT2D eigenvalue weighted by Crippen LogP contribution is 2.26. The molecule has 3 rings (SSSR count). The Bertz CT molecular complexity index is 907. The van der Waals surface area contributed by atoms with Gasteiger partial charge in [0.1, 0.15) is 16.9 Å². The number of nitriles is 1. The fraction of sp³-hybridized carbons (Fsp3) is 0.250. The summed E-state index contributed by atoms with van der Waals surface area (Å²) in [5.74, 6) is 0.703. The van der Waals surface area contributed by atoms with Crippen LogP contribution in [0.1, 0.15) is 23.2 Å². The molecule has 1 atom stereocenters. The second kappa shape index (κ2) is 7.82. The second-order valence-electron chi connectivity index (χ2n) is 5.24. The Balaban J connectivity index is 1.64. The summed E-state index contributed by atoms with van der Waals surface area (Å²) in [6.07, 6.45) is 0.725. The minimum atomic E-state index is -0.355. The zero-order valence-electron chi connectivity index (χ0n) is 13.6. The van der Waals surface area contributed by atoms with Crippen molar-refractivity contribution in [3.63, 3.8) is 0 Å². The third-order valence-electron chi connectivity index (χ3n) is 3.51. The first-order valence-electron chi connectivity index (χ1n) is 7.44. The lowest BCUT2D eigenvalue weighted by atomic mass is 10.3. The van der Waals surface area contributed by atoms with Gasteiger partial charge in [0.15, 0.2) is 5.16 Å². The molecule has 3 aromatic heterocycles. The minimum absolute atomic E-state index is 0.160. The number of anilines is 1. The summed E-state index contributed by atoms with van der Waals surface area (Å²) < 4.78 is 1.92. The Labute approximate surface area is 157 Å². The predicted molar refractivity (Wildman–Crippen MR) is 101 cm³/mol. The zero-order valence-corrected chi connectivity index (χ0v) is 16.0. The Hall–Kier alpha value is -2.15. The van der Waals surface area contributed by atoms with E-state index in [1.54, 1.807) is 22.8 Å². The molecule has 0 spiro atoms. The molecule has 3 heterocycles. The Morgan fingerprint density at radius 3 is 2.96 bits per heavy atom. The van der Waals surface area contributed by atoms with Crippen molar-refractivity contribution in [3.05, 3.63) is 45.2 Å². The minimum Gasteiger partial charge on any atom is -0.316 e. The molecule has 0 aliphatic rings. The van der Waals surface area contributed by atoms with Crippen LogP contribution in [0.4, 0.5) is 5.00 Å². The lowest BCUT2D eigenvalue weighted by molar-refractivity contribution is -0.115. The highest BCUT2D eigenvalue weighted by molar-refractivity contribution is 8.00. The van der Waals surface area contributed by atoms with Crippen LogP contribution in [0.2, 0.25) is 0 Å². The van der Waals surface area contributed by atoms with E-state index in [9.17, 15) is 4.79 Å². The van der Waals surface area contributed by atoms with Crippen molar-refractivity contribution in [1.82, 2.24) is 14.8 Å². The number of nitrogens with zero attached hydrogens (tertiary/aromatic N) is 4. The smallest absolute Gasteiger partial charge is 0.238 e. The van der Waals surface area contributed by atoms with Gasteiger partial charge in [-0.05, 0) is 29.8 Å². The number of thioether (sulfide) groups is 1. The number of carbonyl (C=O) groups excluding carboxylic acids is 1. The van der Waals surface area contributed by atoms with Crippen molar-refractivity contribution in [1.29, 1.82) is 5.26 Å². The third kappa shape index (κ3) is 4.10. The molecule has 9 heteroatoms. The first kappa shape index (κ1) is 17.7. The number of nitrogens with one attached hydrogen (secondary N) is 1. The topological polar surface area (TPSA) is 83.6 Å². The molecule has 1 N–H and O–H groups in total. The number of thiophene rings is 2. The van der Waals surface area contributed by atoms with E-state index in [0.29, 0.717) is 15.7 Å². The van der Waals surface area contributed by atoms with Crippen molar-refractivity contribution in [2.75, 3.05) is 5.32 Å². The standard InChI is InChI=1S/C16H15N5OS3/c1-10(14(22)18-15-11(9-17)5-7-24-15)25-16-20-19-13(21(16)2)8-12-4-3-6-23-12/h3-7,10H,8H2,1-2H3,(H,18,22)/t10-/m1/s1. The predicted octanol–water partition coefficient (Wildman–Crippen LogP) is 3.52. The van der Waals surface area contributed by atoms with E-state index in [2.05, 4.69) is 27.6 Å². The highest BCUT2D eigenvalue weighted by atomic mass is 32.2. The Kier molecular flexibility index (Phi) is 5.53. The van der Waals surface area contributed by atoms with Gasteiger partial charge in [0.05, 0.1) is 10.8 Å². The third-order valence-corrected chi connectivity index (χ3v) is 6.35. The molecule has 3 aromatic rings. The highest BCUT2D eigenvalue weighted by Gasteiger charge is 2.20. The number of rotatable bonds is 6. The fourth-order valence-electron chi connectivity index (χ4n) is 2.09. The first-order valence-corrected chi connectivity index (χ1v) is 10.1. The van der Waals surface area contributed by atoms with Crippen LogP contribution in [0.25, 0.3) is 0 Å². The van der Waals surface area contributed by atoms with Crippen LogP contribution in [0.3, 0.4) is 0 Å². The van der Waals surface area contributed by atoms with Gasteiger partial charge in [0, 0.05) is 18.3 Å². The molecule has 128 valence electrons.